The first kappa shape index (κ1) is 29.3. The lowest BCUT2D eigenvalue weighted by Crippen LogP contribution is -2.17. The zero-order valence-corrected chi connectivity index (χ0v) is 24.9. The summed E-state index contributed by atoms with van der Waals surface area (Å²) in [5, 5.41) is 15.2. The molecule has 1 aromatic heterocycles. The van der Waals surface area contributed by atoms with Gasteiger partial charge < -0.3 is 14.0 Å². The molecule has 0 bridgehead atoms. The number of hydrogen-bond donors (Lipinski definition) is 1. The number of rotatable bonds is 10. The van der Waals surface area contributed by atoms with Crippen LogP contribution < -0.4 is 14.9 Å². The highest BCUT2D eigenvalue weighted by molar-refractivity contribution is 9.10. The van der Waals surface area contributed by atoms with Gasteiger partial charge in [-0.05, 0) is 88.1 Å². The average molecular weight is 640 g/mol. The molecule has 0 radical (unpaired) electrons. The fraction of sp³-hybridized carbons (Fsp3) is 0.0909. The third kappa shape index (κ3) is 6.82. The second kappa shape index (κ2) is 13.2. The minimum Gasteiger partial charge on any atom is -0.493 e. The smallest absolute Gasteiger partial charge is 0.271 e. The number of carbonyl (C=O) groups is 1. The molecular weight excluding hydrogens is 612 g/mol. The molecule has 0 unspecified atom stereocenters. The number of non-ortho nitro benzene ring substituents is 1. The van der Waals surface area contributed by atoms with E-state index in [1.165, 1.54) is 25.5 Å². The van der Waals surface area contributed by atoms with Crippen molar-refractivity contribution in [2.24, 2.45) is 5.10 Å². The van der Waals surface area contributed by atoms with Crippen LogP contribution in [0.3, 0.4) is 0 Å². The van der Waals surface area contributed by atoms with Crippen LogP contribution >= 0.6 is 15.9 Å². The second-order valence-corrected chi connectivity index (χ2v) is 10.4. The molecule has 1 amide bonds. The molecule has 5 aromatic rings. The number of carbonyl (C=O) groups excluding carboxylic acids is 1. The van der Waals surface area contributed by atoms with Gasteiger partial charge in [0.05, 0.1) is 28.4 Å². The predicted molar refractivity (Wildman–Crippen MR) is 169 cm³/mol. The number of nitrogens with one attached hydrogen (secondary N) is 1. The molecule has 4 aromatic carbocycles. The number of nitrogens with zero attached hydrogens (tertiary/aromatic N) is 3. The first-order valence-electron chi connectivity index (χ1n) is 13.3. The normalized spacial score (nSPS) is 11.0. The minimum atomic E-state index is -0.450. The van der Waals surface area contributed by atoms with Crippen molar-refractivity contribution in [2.45, 2.75) is 13.5 Å². The molecule has 0 saturated heterocycles. The Bertz CT molecular complexity index is 1800. The molecule has 216 valence electrons. The molecule has 0 aliphatic rings. The van der Waals surface area contributed by atoms with E-state index in [1.807, 2.05) is 37.3 Å². The van der Waals surface area contributed by atoms with E-state index >= 15 is 0 Å². The van der Waals surface area contributed by atoms with Crippen molar-refractivity contribution in [1.82, 2.24) is 9.99 Å². The summed E-state index contributed by atoms with van der Waals surface area (Å²) >= 11 is 3.49. The van der Waals surface area contributed by atoms with Gasteiger partial charge in [0.15, 0.2) is 11.5 Å². The number of aromatic nitrogens is 1. The fourth-order valence-electron chi connectivity index (χ4n) is 4.58. The highest BCUT2D eigenvalue weighted by Crippen LogP contribution is 2.37. The molecule has 10 heteroatoms. The van der Waals surface area contributed by atoms with Gasteiger partial charge in [0, 0.05) is 29.1 Å². The summed E-state index contributed by atoms with van der Waals surface area (Å²) < 4.78 is 14.1. The van der Waals surface area contributed by atoms with Crippen molar-refractivity contribution in [2.75, 3.05) is 7.11 Å². The summed E-state index contributed by atoms with van der Waals surface area (Å²) in [6.45, 7) is 2.15. The monoisotopic (exact) mass is 638 g/mol. The van der Waals surface area contributed by atoms with Crippen LogP contribution in [0.2, 0.25) is 0 Å². The van der Waals surface area contributed by atoms with Gasteiger partial charge >= 0.3 is 0 Å². The first-order chi connectivity index (χ1) is 20.8. The zero-order chi connectivity index (χ0) is 30.3. The summed E-state index contributed by atoms with van der Waals surface area (Å²) in [6, 6.07) is 31.4. The minimum absolute atomic E-state index is 0.00938. The molecule has 9 nitrogen and oxygen atoms in total. The maximum atomic E-state index is 12.8. The molecule has 5 rings (SSSR count). The number of hydrazone groups is 1. The molecule has 1 heterocycles. The van der Waals surface area contributed by atoms with Crippen LogP contribution in [0, 0.1) is 17.0 Å². The molecule has 0 aliphatic heterocycles. The Kier molecular flexibility index (Phi) is 8.97. The van der Waals surface area contributed by atoms with Crippen LogP contribution in [-0.4, -0.2) is 28.7 Å². The van der Waals surface area contributed by atoms with E-state index in [-0.39, 0.29) is 18.2 Å². The van der Waals surface area contributed by atoms with Crippen molar-refractivity contribution < 1.29 is 19.2 Å². The Morgan fingerprint density at radius 2 is 1.77 bits per heavy atom. The largest absolute Gasteiger partial charge is 0.493 e. The fourth-order valence-corrected chi connectivity index (χ4v) is 5.15. The average Bonchev–Trinajstić information content (AvgIpc) is 3.42. The van der Waals surface area contributed by atoms with Gasteiger partial charge in [0.25, 0.3) is 11.6 Å². The van der Waals surface area contributed by atoms with Gasteiger partial charge in [0.2, 0.25) is 0 Å². The maximum Gasteiger partial charge on any atom is 0.271 e. The molecule has 43 heavy (non-hydrogen) atoms. The second-order valence-electron chi connectivity index (χ2n) is 9.56. The van der Waals surface area contributed by atoms with E-state index in [0.717, 1.165) is 22.6 Å². The maximum absolute atomic E-state index is 12.8. The lowest BCUT2D eigenvalue weighted by Gasteiger charge is -2.13. The number of nitro benzene ring substituents is 1. The number of halogens is 1. The van der Waals surface area contributed by atoms with Gasteiger partial charge in [0.1, 0.15) is 6.61 Å². The molecule has 0 aliphatic carbocycles. The molecule has 0 spiro atoms. The Morgan fingerprint density at radius 1 is 1.00 bits per heavy atom. The van der Waals surface area contributed by atoms with Crippen LogP contribution in [0.15, 0.2) is 113 Å². The molecule has 1 N–H and O–H groups in total. The summed E-state index contributed by atoms with van der Waals surface area (Å²) in [7, 11) is 1.51. The van der Waals surface area contributed by atoms with E-state index in [4.69, 9.17) is 9.47 Å². The van der Waals surface area contributed by atoms with Crippen LogP contribution in [0.4, 0.5) is 5.69 Å². The summed E-state index contributed by atoms with van der Waals surface area (Å²) in [5.74, 6) is 0.514. The number of methoxy groups -OCH3 is 1. The Balaban J connectivity index is 1.25. The Hall–Kier alpha value is -5.22. The number of aryl methyl sites for hydroxylation is 1. The van der Waals surface area contributed by atoms with Crippen LogP contribution in [0.25, 0.3) is 16.9 Å². The zero-order valence-electron chi connectivity index (χ0n) is 23.4. The van der Waals surface area contributed by atoms with Crippen LogP contribution in [-0.2, 0) is 6.61 Å². The van der Waals surface area contributed by atoms with E-state index in [0.29, 0.717) is 32.7 Å². The third-order valence-electron chi connectivity index (χ3n) is 6.67. The van der Waals surface area contributed by atoms with Gasteiger partial charge in [-0.2, -0.15) is 5.10 Å². The SMILES string of the molecule is COc1cc(/C=N/NC(=O)c2ccc(-n3c(C)ccc3-c3ccccc3)cc2)cc(Br)c1OCc1cccc([N+](=O)[O-])c1. The quantitative estimate of drug-likeness (QED) is 0.0969. The Labute approximate surface area is 256 Å². The van der Waals surface area contributed by atoms with Gasteiger partial charge in [-0.15, -0.1) is 0 Å². The third-order valence-corrected chi connectivity index (χ3v) is 7.26. The number of ether oxygens (including phenoxy) is 2. The molecule has 0 atom stereocenters. The van der Waals surface area contributed by atoms with E-state index in [9.17, 15) is 14.9 Å². The molecular formula is C33H27BrN4O5. The van der Waals surface area contributed by atoms with Crippen LogP contribution in [0.5, 0.6) is 11.5 Å². The first-order valence-corrected chi connectivity index (χ1v) is 14.0. The van der Waals surface area contributed by atoms with Crippen molar-refractivity contribution in [3.8, 4) is 28.4 Å². The van der Waals surface area contributed by atoms with E-state index < -0.39 is 4.92 Å². The lowest BCUT2D eigenvalue weighted by atomic mass is 10.1. The predicted octanol–water partition coefficient (Wildman–Crippen LogP) is 7.47. The van der Waals surface area contributed by atoms with Gasteiger partial charge in [-0.1, -0.05) is 42.5 Å². The molecule has 0 saturated carbocycles. The number of hydrogen-bond acceptors (Lipinski definition) is 6. The summed E-state index contributed by atoms with van der Waals surface area (Å²) in [5.41, 5.74) is 8.53. The lowest BCUT2D eigenvalue weighted by molar-refractivity contribution is -0.384. The van der Waals surface area contributed by atoms with Crippen LogP contribution in [0.1, 0.15) is 27.2 Å². The van der Waals surface area contributed by atoms with Gasteiger partial charge in [-0.3, -0.25) is 14.9 Å². The Morgan fingerprint density at radius 3 is 2.49 bits per heavy atom. The van der Waals surface area contributed by atoms with E-state index in [1.54, 1.807) is 36.4 Å². The van der Waals surface area contributed by atoms with Crippen molar-refractivity contribution in [3.05, 3.63) is 140 Å². The topological polar surface area (TPSA) is 108 Å². The van der Waals surface area contributed by atoms with Crippen molar-refractivity contribution >= 4 is 33.7 Å². The van der Waals surface area contributed by atoms with Gasteiger partial charge in [-0.25, -0.2) is 5.43 Å². The molecule has 0 fully saturated rings. The highest BCUT2D eigenvalue weighted by atomic mass is 79.9. The summed E-state index contributed by atoms with van der Waals surface area (Å²) in [4.78, 5) is 23.4. The summed E-state index contributed by atoms with van der Waals surface area (Å²) in [6.07, 6.45) is 1.50. The van der Waals surface area contributed by atoms with E-state index in [2.05, 4.69) is 55.3 Å². The van der Waals surface area contributed by atoms with Crippen molar-refractivity contribution in [3.63, 3.8) is 0 Å². The van der Waals surface area contributed by atoms with Crippen molar-refractivity contribution in [1.29, 1.82) is 0 Å². The standard InChI is InChI=1S/C33H27BrN4O5/c1-22-11-16-30(25-8-4-3-5-9-25)37(22)27-14-12-26(13-15-27)33(39)36-35-20-24-18-29(34)32(31(19-24)42-2)43-21-23-7-6-10-28(17-23)38(40)41/h3-20H,21H2,1-2H3,(H,36,39)/b35-20+. The highest BCUT2D eigenvalue weighted by Gasteiger charge is 2.14. The number of amides is 1. The number of nitro groups is 1. The number of benzene rings is 4.